The minimum atomic E-state index is -0.359. The molecule has 0 aliphatic heterocycles. The summed E-state index contributed by atoms with van der Waals surface area (Å²) in [6.45, 7) is 0. The number of hydrogen-bond donors (Lipinski definition) is 1. The second-order valence-electron chi connectivity index (χ2n) is 3.87. The van der Waals surface area contributed by atoms with Gasteiger partial charge in [-0.1, -0.05) is 31.1 Å². The van der Waals surface area contributed by atoms with E-state index in [1.165, 1.54) is 31.8 Å². The molecule has 0 unspecified atom stereocenters. The van der Waals surface area contributed by atoms with E-state index >= 15 is 0 Å². The van der Waals surface area contributed by atoms with Gasteiger partial charge in [-0.15, -0.1) is 0 Å². The van der Waals surface area contributed by atoms with Crippen LogP contribution in [-0.2, 0) is 4.79 Å². The van der Waals surface area contributed by atoms with Crippen molar-refractivity contribution < 1.29 is 4.79 Å². The average molecular weight is 193 g/mol. The van der Waals surface area contributed by atoms with Gasteiger partial charge in [0, 0.05) is 0 Å². The molecule has 1 aliphatic rings. The fourth-order valence-corrected chi connectivity index (χ4v) is 1.37. The zero-order chi connectivity index (χ0) is 10.2. The summed E-state index contributed by atoms with van der Waals surface area (Å²) in [6, 6.07) is 0. The monoisotopic (exact) mass is 193 g/mol. The molecule has 1 rings (SSSR count). The number of allylic oxidation sites excluding steroid dienone is 3. The van der Waals surface area contributed by atoms with Crippen molar-refractivity contribution in [1.82, 2.24) is 0 Å². The van der Waals surface area contributed by atoms with E-state index in [0.29, 0.717) is 0 Å². The first-order valence-electron chi connectivity index (χ1n) is 5.40. The van der Waals surface area contributed by atoms with Crippen LogP contribution < -0.4 is 5.73 Å². The molecule has 1 fully saturated rings. The predicted molar refractivity (Wildman–Crippen MR) is 58.7 cm³/mol. The molecular weight excluding hydrogens is 174 g/mol. The Morgan fingerprint density at radius 3 is 2.43 bits per heavy atom. The number of rotatable bonds is 7. The van der Waals surface area contributed by atoms with Crippen LogP contribution in [0.2, 0.25) is 0 Å². The van der Waals surface area contributed by atoms with Gasteiger partial charge in [-0.3, -0.25) is 4.79 Å². The van der Waals surface area contributed by atoms with Crippen molar-refractivity contribution >= 4 is 5.91 Å². The highest BCUT2D eigenvalue weighted by molar-refractivity contribution is 5.85. The molecule has 0 aromatic heterocycles. The van der Waals surface area contributed by atoms with E-state index in [9.17, 15) is 4.79 Å². The molecule has 0 saturated heterocycles. The van der Waals surface area contributed by atoms with E-state index in [4.69, 9.17) is 5.73 Å². The smallest absolute Gasteiger partial charge is 0.241 e. The number of carbonyl (C=O) groups is 1. The Kier molecular flexibility index (Phi) is 5.05. The summed E-state index contributed by atoms with van der Waals surface area (Å²) in [5.74, 6) is 0.664. The van der Waals surface area contributed by atoms with Gasteiger partial charge in [0.05, 0.1) is 0 Å². The number of primary amides is 1. The van der Waals surface area contributed by atoms with E-state index in [2.05, 4.69) is 12.2 Å². The van der Waals surface area contributed by atoms with Crippen LogP contribution in [0.5, 0.6) is 0 Å². The quantitative estimate of drug-likeness (QED) is 0.377. The highest BCUT2D eigenvalue weighted by atomic mass is 16.1. The fourth-order valence-electron chi connectivity index (χ4n) is 1.37. The lowest BCUT2D eigenvalue weighted by Crippen LogP contribution is -2.05. The van der Waals surface area contributed by atoms with Gasteiger partial charge < -0.3 is 5.73 Å². The molecule has 1 aliphatic carbocycles. The predicted octanol–water partition coefficient (Wildman–Crippen LogP) is 2.55. The first-order valence-corrected chi connectivity index (χ1v) is 5.40. The van der Waals surface area contributed by atoms with Crippen molar-refractivity contribution in [2.45, 2.75) is 38.5 Å². The molecule has 0 aromatic carbocycles. The van der Waals surface area contributed by atoms with Crippen molar-refractivity contribution in [2.75, 3.05) is 0 Å². The molecule has 2 N–H and O–H groups in total. The van der Waals surface area contributed by atoms with Crippen LogP contribution in [0.15, 0.2) is 24.3 Å². The first-order chi connectivity index (χ1) is 6.79. The van der Waals surface area contributed by atoms with Gasteiger partial charge in [0.1, 0.15) is 0 Å². The lowest BCUT2D eigenvalue weighted by Gasteiger charge is -1.90. The van der Waals surface area contributed by atoms with Crippen molar-refractivity contribution in [2.24, 2.45) is 11.7 Å². The van der Waals surface area contributed by atoms with Crippen LogP contribution in [0.4, 0.5) is 0 Å². The second kappa shape index (κ2) is 6.41. The lowest BCUT2D eigenvalue weighted by atomic mass is 10.2. The number of hydrogen-bond acceptors (Lipinski definition) is 1. The third kappa shape index (κ3) is 6.46. The number of carbonyl (C=O) groups excluding carboxylic acids is 1. The maximum atomic E-state index is 10.3. The second-order valence-corrected chi connectivity index (χ2v) is 3.87. The average Bonchev–Trinajstić information content (AvgIpc) is 2.92. The molecule has 2 heteroatoms. The summed E-state index contributed by atoms with van der Waals surface area (Å²) < 4.78 is 0. The molecule has 1 saturated carbocycles. The molecule has 0 spiro atoms. The minimum Gasteiger partial charge on any atom is -0.366 e. The topological polar surface area (TPSA) is 43.1 Å². The molecule has 2 nitrogen and oxygen atoms in total. The normalized spacial score (nSPS) is 16.9. The molecule has 78 valence electrons. The Bertz CT molecular complexity index is 226. The standard InChI is InChI=1S/C12H19NO/c13-12(14)8-6-4-2-1-3-5-7-11-9-10-11/h1,3,6,8,11H,2,4-5,7,9-10H2,(H2,13,14)/b3-1-,8-6+. The Balaban J connectivity index is 1.88. The van der Waals surface area contributed by atoms with Crippen LogP contribution in [0.3, 0.4) is 0 Å². The lowest BCUT2D eigenvalue weighted by molar-refractivity contribution is -0.113. The van der Waals surface area contributed by atoms with Crippen LogP contribution in [-0.4, -0.2) is 5.91 Å². The van der Waals surface area contributed by atoms with E-state index < -0.39 is 0 Å². The number of nitrogens with two attached hydrogens (primary N) is 1. The van der Waals surface area contributed by atoms with Gasteiger partial charge in [0.2, 0.25) is 5.91 Å². The van der Waals surface area contributed by atoms with Crippen molar-refractivity contribution in [3.05, 3.63) is 24.3 Å². The third-order valence-corrected chi connectivity index (χ3v) is 2.39. The van der Waals surface area contributed by atoms with E-state index in [1.54, 1.807) is 0 Å². The molecule has 0 heterocycles. The zero-order valence-corrected chi connectivity index (χ0v) is 8.61. The Labute approximate surface area is 85.9 Å². The summed E-state index contributed by atoms with van der Waals surface area (Å²) >= 11 is 0. The van der Waals surface area contributed by atoms with Gasteiger partial charge in [0.25, 0.3) is 0 Å². The summed E-state index contributed by atoms with van der Waals surface area (Å²) in [4.78, 5) is 10.3. The molecule has 0 aromatic rings. The molecule has 14 heavy (non-hydrogen) atoms. The third-order valence-electron chi connectivity index (χ3n) is 2.39. The number of amides is 1. The van der Waals surface area contributed by atoms with Gasteiger partial charge in [-0.05, 0) is 37.7 Å². The molecule has 0 bridgehead atoms. The zero-order valence-electron chi connectivity index (χ0n) is 8.61. The van der Waals surface area contributed by atoms with Crippen LogP contribution in [0, 0.1) is 5.92 Å². The SMILES string of the molecule is NC(=O)/C=C/CC/C=C\CCC1CC1. The summed E-state index contributed by atoms with van der Waals surface area (Å²) in [5.41, 5.74) is 4.95. The summed E-state index contributed by atoms with van der Waals surface area (Å²) in [6.07, 6.45) is 15.1. The van der Waals surface area contributed by atoms with Crippen molar-refractivity contribution in [3.63, 3.8) is 0 Å². The molecule has 1 amide bonds. The highest BCUT2D eigenvalue weighted by Gasteiger charge is 2.19. The van der Waals surface area contributed by atoms with Gasteiger partial charge in [-0.2, -0.15) is 0 Å². The van der Waals surface area contributed by atoms with Crippen molar-refractivity contribution in [3.8, 4) is 0 Å². The van der Waals surface area contributed by atoms with Crippen LogP contribution in [0.1, 0.15) is 38.5 Å². The van der Waals surface area contributed by atoms with Crippen molar-refractivity contribution in [1.29, 1.82) is 0 Å². The maximum absolute atomic E-state index is 10.3. The summed E-state index contributed by atoms with van der Waals surface area (Å²) in [7, 11) is 0. The van der Waals surface area contributed by atoms with Crippen LogP contribution >= 0.6 is 0 Å². The largest absolute Gasteiger partial charge is 0.366 e. The molecule has 0 radical (unpaired) electrons. The Morgan fingerprint density at radius 1 is 1.14 bits per heavy atom. The Morgan fingerprint density at radius 2 is 1.79 bits per heavy atom. The highest BCUT2D eigenvalue weighted by Crippen LogP contribution is 2.33. The summed E-state index contributed by atoms with van der Waals surface area (Å²) in [5, 5.41) is 0. The first kappa shape index (κ1) is 11.0. The number of unbranched alkanes of at least 4 members (excludes halogenated alkanes) is 1. The maximum Gasteiger partial charge on any atom is 0.241 e. The van der Waals surface area contributed by atoms with E-state index in [1.807, 2.05) is 6.08 Å². The van der Waals surface area contributed by atoms with Gasteiger partial charge in [0.15, 0.2) is 0 Å². The fraction of sp³-hybridized carbons (Fsp3) is 0.583. The molecular formula is C12H19NO. The van der Waals surface area contributed by atoms with Gasteiger partial charge >= 0.3 is 0 Å². The Hall–Kier alpha value is -1.05. The van der Waals surface area contributed by atoms with Gasteiger partial charge in [-0.25, -0.2) is 0 Å². The van der Waals surface area contributed by atoms with E-state index in [-0.39, 0.29) is 5.91 Å². The van der Waals surface area contributed by atoms with E-state index in [0.717, 1.165) is 18.8 Å². The molecule has 0 atom stereocenters. The minimum absolute atomic E-state index is 0.359. The van der Waals surface area contributed by atoms with Crippen LogP contribution in [0.25, 0.3) is 0 Å².